The van der Waals surface area contributed by atoms with Crippen molar-refractivity contribution in [2.24, 2.45) is 5.92 Å². The first-order valence-electron chi connectivity index (χ1n) is 13.6. The van der Waals surface area contributed by atoms with Crippen molar-refractivity contribution in [3.8, 4) is 0 Å². The summed E-state index contributed by atoms with van der Waals surface area (Å²) in [4.78, 5) is 54.1. The second-order valence-electron chi connectivity index (χ2n) is 9.60. The van der Waals surface area contributed by atoms with Gasteiger partial charge in [0.2, 0.25) is 0 Å². The summed E-state index contributed by atoms with van der Waals surface area (Å²) in [6, 6.07) is 4.91. The molecule has 1 aliphatic heterocycles. The smallest absolute Gasteiger partial charge is 0.341 e. The number of rotatable bonds is 8. The molecule has 1 fully saturated rings. The Kier molecular flexibility index (Phi) is 9.94. The Morgan fingerprint density at radius 3 is 2.33 bits per heavy atom. The molecule has 11 heteroatoms. The van der Waals surface area contributed by atoms with E-state index in [1.165, 1.54) is 11.3 Å². The number of aryl methyl sites for hydroxylation is 1. The maximum atomic E-state index is 13.6. The molecule has 0 radical (unpaired) electrons. The normalized spacial score (nSPS) is 15.1. The van der Waals surface area contributed by atoms with Gasteiger partial charge in [-0.3, -0.25) is 10.2 Å². The maximum absolute atomic E-state index is 13.6. The third kappa shape index (κ3) is 7.15. The number of nitrogens with one attached hydrogen (secondary N) is 3. The zero-order valence-electron chi connectivity index (χ0n) is 22.5. The molecular weight excluding hydrogens is 520 g/mol. The molecule has 1 aliphatic carbocycles. The predicted octanol–water partition coefficient (Wildman–Crippen LogP) is 4.73. The first kappa shape index (κ1) is 28.6. The van der Waals surface area contributed by atoms with Crippen LogP contribution in [0.3, 0.4) is 0 Å². The minimum atomic E-state index is -0.710. The number of hydrogen-bond donors (Lipinski definition) is 3. The van der Waals surface area contributed by atoms with Gasteiger partial charge in [0, 0.05) is 17.1 Å². The molecule has 2 aromatic rings. The third-order valence-electron chi connectivity index (χ3n) is 6.90. The van der Waals surface area contributed by atoms with Crippen LogP contribution >= 0.6 is 11.3 Å². The summed E-state index contributed by atoms with van der Waals surface area (Å²) in [5.41, 5.74) is 2.20. The fourth-order valence-corrected chi connectivity index (χ4v) is 6.35. The Hall–Kier alpha value is -3.44. The van der Waals surface area contributed by atoms with Gasteiger partial charge in [-0.05, 0) is 101 Å². The van der Waals surface area contributed by atoms with Gasteiger partial charge in [-0.1, -0.05) is 0 Å². The number of nitrogens with zero attached hydrogens (tertiary/aromatic N) is 1. The highest BCUT2D eigenvalue weighted by Crippen LogP contribution is 2.41. The lowest BCUT2D eigenvalue weighted by Crippen LogP contribution is -2.47. The van der Waals surface area contributed by atoms with E-state index in [0.29, 0.717) is 28.4 Å². The molecule has 4 rings (SSSR count). The number of piperidine rings is 1. The SMILES string of the molecule is CCOC(=O)c1ccc(NC(=O)NC(=O)N(CC2CCNCC2)c2sc3c(c2C(=O)OCC)CCCC3)cc1. The van der Waals surface area contributed by atoms with Crippen molar-refractivity contribution in [1.29, 1.82) is 0 Å². The Morgan fingerprint density at radius 1 is 0.974 bits per heavy atom. The fourth-order valence-electron chi connectivity index (χ4n) is 4.97. The van der Waals surface area contributed by atoms with Crippen LogP contribution in [-0.2, 0) is 22.3 Å². The highest BCUT2D eigenvalue weighted by molar-refractivity contribution is 7.17. The number of ether oxygens (including phenoxy) is 2. The number of fused-ring (bicyclic) bond motifs is 1. The summed E-state index contributed by atoms with van der Waals surface area (Å²) in [5, 5.41) is 8.96. The lowest BCUT2D eigenvalue weighted by molar-refractivity contribution is 0.0516. The lowest BCUT2D eigenvalue weighted by atomic mass is 9.95. The van der Waals surface area contributed by atoms with Crippen LogP contribution in [0.2, 0.25) is 0 Å². The molecular formula is C28H36N4O6S. The summed E-state index contributed by atoms with van der Waals surface area (Å²) < 4.78 is 10.4. The monoisotopic (exact) mass is 556 g/mol. The highest BCUT2D eigenvalue weighted by Gasteiger charge is 2.33. The van der Waals surface area contributed by atoms with E-state index < -0.39 is 24.0 Å². The molecule has 0 atom stereocenters. The molecule has 1 aromatic carbocycles. The van der Waals surface area contributed by atoms with Gasteiger partial charge in [0.15, 0.2) is 0 Å². The third-order valence-corrected chi connectivity index (χ3v) is 8.21. The topological polar surface area (TPSA) is 126 Å². The Bertz CT molecular complexity index is 1190. The van der Waals surface area contributed by atoms with Crippen molar-refractivity contribution in [1.82, 2.24) is 10.6 Å². The van der Waals surface area contributed by atoms with Crippen LogP contribution in [0.15, 0.2) is 24.3 Å². The summed E-state index contributed by atoms with van der Waals surface area (Å²) in [5.74, 6) is -0.654. The predicted molar refractivity (Wildman–Crippen MR) is 150 cm³/mol. The Labute approximate surface area is 232 Å². The van der Waals surface area contributed by atoms with Crippen molar-refractivity contribution in [2.45, 2.75) is 52.4 Å². The van der Waals surface area contributed by atoms with Gasteiger partial charge in [0.05, 0.1) is 24.3 Å². The van der Waals surface area contributed by atoms with Gasteiger partial charge in [-0.15, -0.1) is 11.3 Å². The van der Waals surface area contributed by atoms with E-state index in [9.17, 15) is 19.2 Å². The molecule has 10 nitrogen and oxygen atoms in total. The second-order valence-corrected chi connectivity index (χ2v) is 10.7. The number of anilines is 2. The molecule has 210 valence electrons. The highest BCUT2D eigenvalue weighted by atomic mass is 32.1. The van der Waals surface area contributed by atoms with E-state index in [0.717, 1.165) is 62.1 Å². The summed E-state index contributed by atoms with van der Waals surface area (Å²) in [6.45, 7) is 6.09. The molecule has 2 aliphatic rings. The van der Waals surface area contributed by atoms with E-state index in [-0.39, 0.29) is 19.1 Å². The summed E-state index contributed by atoms with van der Waals surface area (Å²) >= 11 is 1.45. The largest absolute Gasteiger partial charge is 0.462 e. The van der Waals surface area contributed by atoms with Crippen LogP contribution in [0.1, 0.15) is 70.7 Å². The van der Waals surface area contributed by atoms with Gasteiger partial charge in [-0.2, -0.15) is 0 Å². The molecule has 1 aromatic heterocycles. The fraction of sp³-hybridized carbons (Fsp3) is 0.500. The molecule has 0 bridgehead atoms. The average Bonchev–Trinajstić information content (AvgIpc) is 3.32. The van der Waals surface area contributed by atoms with Gasteiger partial charge in [-0.25, -0.2) is 19.2 Å². The number of carbonyl (C=O) groups is 4. The van der Waals surface area contributed by atoms with Crippen LogP contribution in [0.4, 0.5) is 20.3 Å². The molecule has 1 saturated heterocycles. The number of imide groups is 1. The molecule has 4 amide bonds. The summed E-state index contributed by atoms with van der Waals surface area (Å²) in [7, 11) is 0. The van der Waals surface area contributed by atoms with Crippen molar-refractivity contribution < 1.29 is 28.7 Å². The Morgan fingerprint density at radius 2 is 1.64 bits per heavy atom. The summed E-state index contributed by atoms with van der Waals surface area (Å²) in [6.07, 6.45) is 5.42. The van der Waals surface area contributed by atoms with E-state index in [1.807, 2.05) is 0 Å². The van der Waals surface area contributed by atoms with Crippen molar-refractivity contribution in [2.75, 3.05) is 43.1 Å². The van der Waals surface area contributed by atoms with Crippen molar-refractivity contribution in [3.05, 3.63) is 45.8 Å². The molecule has 2 heterocycles. The van der Waals surface area contributed by atoms with Crippen LogP contribution in [-0.4, -0.2) is 56.8 Å². The number of amides is 4. The first-order chi connectivity index (χ1) is 18.9. The minimum Gasteiger partial charge on any atom is -0.462 e. The maximum Gasteiger partial charge on any atom is 0.341 e. The number of urea groups is 2. The number of hydrogen-bond acceptors (Lipinski definition) is 8. The van der Waals surface area contributed by atoms with E-state index in [1.54, 1.807) is 43.0 Å². The lowest BCUT2D eigenvalue weighted by Gasteiger charge is -2.30. The van der Waals surface area contributed by atoms with Gasteiger partial charge in [0.25, 0.3) is 0 Å². The minimum absolute atomic E-state index is 0.227. The molecule has 39 heavy (non-hydrogen) atoms. The zero-order valence-corrected chi connectivity index (χ0v) is 23.3. The van der Waals surface area contributed by atoms with Gasteiger partial charge >= 0.3 is 24.0 Å². The van der Waals surface area contributed by atoms with Crippen LogP contribution < -0.4 is 20.9 Å². The second kappa shape index (κ2) is 13.6. The number of benzene rings is 1. The zero-order chi connectivity index (χ0) is 27.8. The molecule has 3 N–H and O–H groups in total. The van der Waals surface area contributed by atoms with E-state index in [2.05, 4.69) is 16.0 Å². The number of esters is 2. The molecule has 0 unspecified atom stereocenters. The number of thiophene rings is 1. The van der Waals surface area contributed by atoms with Gasteiger partial charge < -0.3 is 20.1 Å². The first-order valence-corrected chi connectivity index (χ1v) is 14.4. The van der Waals surface area contributed by atoms with Crippen LogP contribution in [0, 0.1) is 5.92 Å². The molecule has 0 spiro atoms. The standard InChI is InChI=1S/C28H36N4O6S/c1-3-37-25(33)19-9-11-20(12-10-19)30-27(35)31-28(36)32(17-18-13-15-29-16-14-18)24-23(26(34)38-4-2)21-7-5-6-8-22(21)39-24/h9-12,18,29H,3-8,13-17H2,1-2H3,(H2,30,31,35,36). The van der Waals surface area contributed by atoms with E-state index in [4.69, 9.17) is 9.47 Å². The molecule has 0 saturated carbocycles. The van der Waals surface area contributed by atoms with E-state index >= 15 is 0 Å². The quantitative estimate of drug-likeness (QED) is 0.402. The van der Waals surface area contributed by atoms with Crippen molar-refractivity contribution >= 4 is 46.0 Å². The van der Waals surface area contributed by atoms with Gasteiger partial charge in [0.1, 0.15) is 5.00 Å². The van der Waals surface area contributed by atoms with Crippen molar-refractivity contribution in [3.63, 3.8) is 0 Å². The average molecular weight is 557 g/mol. The number of carbonyl (C=O) groups excluding carboxylic acids is 4. The Balaban J connectivity index is 1.55. The van der Waals surface area contributed by atoms with Crippen LogP contribution in [0.5, 0.6) is 0 Å². The van der Waals surface area contributed by atoms with Crippen LogP contribution in [0.25, 0.3) is 0 Å².